The third-order valence-corrected chi connectivity index (χ3v) is 4.27. The summed E-state index contributed by atoms with van der Waals surface area (Å²) in [6.45, 7) is -4.29. The molecule has 1 N–H and O–H groups in total. The van der Waals surface area contributed by atoms with E-state index in [0.717, 1.165) is 4.49 Å². The molecule has 10 heteroatoms. The number of aliphatic imine (C=N–C) groups is 1. The van der Waals surface area contributed by atoms with E-state index >= 15 is 8.63 Å². The van der Waals surface area contributed by atoms with Gasteiger partial charge in [-0.15, -0.1) is 0 Å². The first-order valence-electron chi connectivity index (χ1n) is 8.10. The molecular formula is C17H15BF2N4O2S. The second kappa shape index (κ2) is 6.09. The van der Waals surface area contributed by atoms with Crippen molar-refractivity contribution in [2.75, 3.05) is 12.5 Å². The molecule has 6 nitrogen and oxygen atoms in total. The maximum atomic E-state index is 15.2. The average Bonchev–Trinajstić information content (AvgIpc) is 3.12. The van der Waals surface area contributed by atoms with E-state index < -0.39 is 23.6 Å². The lowest BCUT2D eigenvalue weighted by Crippen LogP contribution is -2.58. The van der Waals surface area contributed by atoms with Crippen LogP contribution in [0.3, 0.4) is 0 Å². The number of benzene rings is 2. The minimum Gasteiger partial charge on any atom is -0.496 e. The first-order chi connectivity index (χ1) is 12.8. The maximum Gasteiger partial charge on any atom is 0.611 e. The van der Waals surface area contributed by atoms with Crippen molar-refractivity contribution < 1.29 is 17.9 Å². The molecule has 0 saturated carbocycles. The molecule has 0 spiro atoms. The number of fused-ring (bicyclic) bond motifs is 5. The Morgan fingerprint density at radius 2 is 1.63 bits per heavy atom. The Kier molecular flexibility index (Phi) is 3.95. The highest BCUT2D eigenvalue weighted by Crippen LogP contribution is 2.42. The van der Waals surface area contributed by atoms with Crippen LogP contribution in [0, 0.1) is 0 Å². The topological polar surface area (TPSA) is 70.0 Å². The molecule has 0 amide bonds. The Bertz CT molecular complexity index is 1270. The molecule has 0 radical (unpaired) electrons. The first kappa shape index (κ1) is 17.5. The third kappa shape index (κ3) is 2.59. The Morgan fingerprint density at radius 1 is 1.04 bits per heavy atom. The van der Waals surface area contributed by atoms with Crippen LogP contribution in [0.4, 0.5) is 14.4 Å². The van der Waals surface area contributed by atoms with Crippen LogP contribution in [0.2, 0.25) is 0 Å². The highest BCUT2D eigenvalue weighted by atomic mass is 32.2. The molecular weight excluding hydrogens is 373 g/mol. The monoisotopic (exact) mass is 388 g/mol. The van der Waals surface area contributed by atoms with Crippen molar-refractivity contribution in [2.45, 2.75) is 0 Å². The van der Waals surface area contributed by atoms with E-state index in [0.29, 0.717) is 26.0 Å². The van der Waals surface area contributed by atoms with Crippen LogP contribution < -0.4 is 15.2 Å². The number of halogens is 2. The minimum absolute atomic E-state index is 0.0332. The van der Waals surface area contributed by atoms with Crippen LogP contribution in [-0.4, -0.2) is 39.2 Å². The van der Waals surface area contributed by atoms with Crippen molar-refractivity contribution in [1.29, 1.82) is 0 Å². The SMILES string of the molecule is CS(C)=O.Oc1c2ccccc2c2n1[B-](F)(F)[N+]1=c3ccccc3=NC1=N2. The summed E-state index contributed by atoms with van der Waals surface area (Å²) in [6.07, 6.45) is 3.28. The van der Waals surface area contributed by atoms with Crippen LogP contribution in [0.1, 0.15) is 0 Å². The van der Waals surface area contributed by atoms with E-state index in [4.69, 9.17) is 0 Å². The first-order valence-corrected chi connectivity index (χ1v) is 10.1. The fourth-order valence-electron chi connectivity index (χ4n) is 3.27. The molecule has 0 saturated heterocycles. The summed E-state index contributed by atoms with van der Waals surface area (Å²) in [5.41, 5.74) is 0. The van der Waals surface area contributed by atoms with Gasteiger partial charge in [-0.3, -0.25) is 4.21 Å². The highest BCUT2D eigenvalue weighted by Gasteiger charge is 2.49. The normalized spacial score (nSPS) is 16.0. The zero-order valence-electron chi connectivity index (χ0n) is 14.5. The van der Waals surface area contributed by atoms with Gasteiger partial charge in [0.1, 0.15) is 5.36 Å². The third-order valence-electron chi connectivity index (χ3n) is 4.27. The van der Waals surface area contributed by atoms with Crippen LogP contribution in [0.25, 0.3) is 10.8 Å². The van der Waals surface area contributed by atoms with Gasteiger partial charge in [-0.1, -0.05) is 34.3 Å². The van der Waals surface area contributed by atoms with Crippen LogP contribution in [0.5, 0.6) is 5.88 Å². The number of hydrogen-bond donors (Lipinski definition) is 1. The van der Waals surface area contributed by atoms with Crippen molar-refractivity contribution in [3.05, 3.63) is 59.2 Å². The molecule has 2 aromatic carbocycles. The van der Waals surface area contributed by atoms with E-state index in [1.54, 1.807) is 61.0 Å². The van der Waals surface area contributed by atoms with E-state index in [9.17, 15) is 9.32 Å². The lowest BCUT2D eigenvalue weighted by molar-refractivity contribution is 0.427. The second-order valence-electron chi connectivity index (χ2n) is 6.28. The van der Waals surface area contributed by atoms with Gasteiger partial charge in [0, 0.05) is 34.1 Å². The quantitative estimate of drug-likeness (QED) is 0.592. The molecule has 0 unspecified atom stereocenters. The van der Waals surface area contributed by atoms with E-state index in [1.165, 1.54) is 0 Å². The molecule has 3 aromatic rings. The number of guanidine groups is 1. The number of para-hydroxylation sites is 2. The van der Waals surface area contributed by atoms with Gasteiger partial charge in [0.05, 0.1) is 0 Å². The summed E-state index contributed by atoms with van der Waals surface area (Å²) in [4.78, 5) is 8.48. The lowest BCUT2D eigenvalue weighted by atomic mass is 9.95. The van der Waals surface area contributed by atoms with Gasteiger partial charge >= 0.3 is 12.9 Å². The fraction of sp³-hybridized carbons (Fsp3) is 0.118. The number of rotatable bonds is 0. The van der Waals surface area contributed by atoms with Gasteiger partial charge in [-0.2, -0.15) is 0 Å². The summed E-state index contributed by atoms with van der Waals surface area (Å²) in [5.74, 6) is -0.495. The molecule has 0 fully saturated rings. The van der Waals surface area contributed by atoms with Crippen molar-refractivity contribution in [2.24, 2.45) is 9.98 Å². The summed E-state index contributed by atoms with van der Waals surface area (Å²) >= 11 is 0. The Balaban J connectivity index is 0.000000413. The maximum absolute atomic E-state index is 15.2. The summed E-state index contributed by atoms with van der Waals surface area (Å²) in [5, 5.41) is 11.9. The lowest BCUT2D eigenvalue weighted by Gasteiger charge is -2.29. The Morgan fingerprint density at radius 3 is 2.33 bits per heavy atom. The van der Waals surface area contributed by atoms with Gasteiger partial charge in [-0.05, 0) is 24.3 Å². The molecule has 1 aromatic heterocycles. The van der Waals surface area contributed by atoms with E-state index in [-0.39, 0.29) is 11.8 Å². The number of nitrogens with zero attached hydrogens (tertiary/aromatic N) is 4. The highest BCUT2D eigenvalue weighted by molar-refractivity contribution is 7.83. The largest absolute Gasteiger partial charge is 0.611 e. The predicted molar refractivity (Wildman–Crippen MR) is 103 cm³/mol. The molecule has 5 rings (SSSR count). The summed E-state index contributed by atoms with van der Waals surface area (Å²) < 4.78 is 41.3. The Hall–Kier alpha value is -2.88. The molecule has 0 atom stereocenters. The fourth-order valence-corrected chi connectivity index (χ4v) is 3.27. The van der Waals surface area contributed by atoms with Gasteiger partial charge < -0.3 is 22.7 Å². The summed E-state index contributed by atoms with van der Waals surface area (Å²) in [7, 11) is -0.611. The molecule has 2 aliphatic heterocycles. The molecule has 138 valence electrons. The number of aromatic hydroxyl groups is 1. The molecule has 3 heterocycles. The van der Waals surface area contributed by atoms with Crippen LogP contribution >= 0.6 is 0 Å². The van der Waals surface area contributed by atoms with E-state index in [1.807, 2.05) is 0 Å². The van der Waals surface area contributed by atoms with Crippen molar-refractivity contribution in [3.63, 3.8) is 0 Å². The summed E-state index contributed by atoms with van der Waals surface area (Å²) in [6, 6.07) is 13.3. The average molecular weight is 388 g/mol. The van der Waals surface area contributed by atoms with Gasteiger partial charge in [-0.25, -0.2) is 0 Å². The van der Waals surface area contributed by atoms with Crippen LogP contribution in [-0.2, 0) is 10.8 Å². The molecule has 0 bridgehead atoms. The standard InChI is InChI=1S/C15H9BF2N4O.C2H6OS/c17-16(18)21-12-8-4-3-7-11(12)19-15(21)20-13-9-5-1-2-6-10(9)14(23)22(13)16;1-4(2)3/h1-8,23H;1-2H3. The van der Waals surface area contributed by atoms with Crippen LogP contribution in [0.15, 0.2) is 58.5 Å². The Labute approximate surface area is 155 Å². The zero-order chi connectivity index (χ0) is 19.3. The zero-order valence-corrected chi connectivity index (χ0v) is 15.3. The van der Waals surface area contributed by atoms with Crippen molar-refractivity contribution in [3.8, 4) is 5.88 Å². The van der Waals surface area contributed by atoms with Crippen molar-refractivity contribution in [1.82, 2.24) is 8.96 Å². The molecule has 0 aliphatic carbocycles. The van der Waals surface area contributed by atoms with Crippen molar-refractivity contribution >= 4 is 40.3 Å². The number of aromatic nitrogens is 1. The minimum atomic E-state index is -4.29. The molecule has 27 heavy (non-hydrogen) atoms. The molecule has 2 aliphatic rings. The van der Waals surface area contributed by atoms with Gasteiger partial charge in [0.2, 0.25) is 0 Å². The van der Waals surface area contributed by atoms with Gasteiger partial charge in [0.15, 0.2) is 17.1 Å². The van der Waals surface area contributed by atoms with E-state index in [2.05, 4.69) is 9.98 Å². The second-order valence-corrected chi connectivity index (χ2v) is 7.76. The van der Waals surface area contributed by atoms with Gasteiger partial charge in [0.25, 0.3) is 0 Å². The number of hydrogen-bond acceptors (Lipinski definition) is 4. The predicted octanol–water partition coefficient (Wildman–Crippen LogP) is 1.39. The smallest absolute Gasteiger partial charge is 0.496 e.